The van der Waals surface area contributed by atoms with Crippen molar-refractivity contribution in [3.63, 3.8) is 0 Å². The van der Waals surface area contributed by atoms with Crippen LogP contribution in [-0.2, 0) is 11.3 Å². The lowest BCUT2D eigenvalue weighted by Crippen LogP contribution is -2.51. The van der Waals surface area contributed by atoms with E-state index in [9.17, 15) is 4.79 Å². The minimum Gasteiger partial charge on any atom is -0.351 e. The maximum atomic E-state index is 11.9. The SMILES string of the molecule is NC(=O)N1c2ccccc2COC1Nc1cccc(C2CC2)c1. The molecule has 4 rings (SSSR count). The highest BCUT2D eigenvalue weighted by atomic mass is 16.5. The summed E-state index contributed by atoms with van der Waals surface area (Å²) in [6, 6.07) is 15.4. The van der Waals surface area contributed by atoms with Gasteiger partial charge in [-0.1, -0.05) is 30.3 Å². The van der Waals surface area contributed by atoms with Gasteiger partial charge in [0.05, 0.1) is 12.3 Å². The minimum absolute atomic E-state index is 0.444. The number of nitrogens with one attached hydrogen (secondary N) is 1. The molecule has 5 nitrogen and oxygen atoms in total. The molecular formula is C18H19N3O2. The molecular weight excluding hydrogens is 290 g/mol. The largest absolute Gasteiger partial charge is 0.351 e. The van der Waals surface area contributed by atoms with Crippen molar-refractivity contribution >= 4 is 17.4 Å². The van der Waals surface area contributed by atoms with Crippen LogP contribution in [0.4, 0.5) is 16.2 Å². The molecule has 2 amide bonds. The molecule has 0 bridgehead atoms. The Morgan fingerprint density at radius 3 is 2.78 bits per heavy atom. The van der Waals surface area contributed by atoms with Gasteiger partial charge < -0.3 is 15.8 Å². The van der Waals surface area contributed by atoms with Crippen LogP contribution in [0.25, 0.3) is 0 Å². The zero-order valence-corrected chi connectivity index (χ0v) is 12.7. The quantitative estimate of drug-likeness (QED) is 0.913. The normalized spacial score (nSPS) is 20.0. The van der Waals surface area contributed by atoms with E-state index in [1.165, 1.54) is 23.3 Å². The standard InChI is InChI=1S/C18H19N3O2/c19-17(22)21-16-7-2-1-4-14(16)11-23-18(21)20-15-6-3-5-13(10-15)12-8-9-12/h1-7,10,12,18,20H,8-9,11H2,(H2,19,22). The third-order valence-electron chi connectivity index (χ3n) is 4.35. The van der Waals surface area contributed by atoms with E-state index < -0.39 is 12.4 Å². The van der Waals surface area contributed by atoms with Crippen LogP contribution in [0.3, 0.4) is 0 Å². The van der Waals surface area contributed by atoms with Gasteiger partial charge in [0, 0.05) is 11.3 Å². The number of urea groups is 1. The van der Waals surface area contributed by atoms with Gasteiger partial charge in [-0.3, -0.25) is 0 Å². The summed E-state index contributed by atoms with van der Waals surface area (Å²) in [4.78, 5) is 13.4. The van der Waals surface area contributed by atoms with Gasteiger partial charge in [-0.15, -0.1) is 0 Å². The van der Waals surface area contributed by atoms with E-state index in [2.05, 4.69) is 17.4 Å². The van der Waals surface area contributed by atoms with Crippen molar-refractivity contribution in [2.24, 2.45) is 5.73 Å². The van der Waals surface area contributed by atoms with Gasteiger partial charge in [0.25, 0.3) is 0 Å². The third-order valence-corrected chi connectivity index (χ3v) is 4.35. The van der Waals surface area contributed by atoms with E-state index in [1.54, 1.807) is 0 Å². The Labute approximate surface area is 135 Å². The Balaban J connectivity index is 1.61. The second-order valence-corrected chi connectivity index (χ2v) is 6.04. The number of amides is 2. The van der Waals surface area contributed by atoms with Gasteiger partial charge in [0.1, 0.15) is 0 Å². The molecule has 118 valence electrons. The van der Waals surface area contributed by atoms with Crippen molar-refractivity contribution in [1.29, 1.82) is 0 Å². The lowest BCUT2D eigenvalue weighted by molar-refractivity contribution is 0.0518. The van der Waals surface area contributed by atoms with Gasteiger partial charge in [-0.2, -0.15) is 0 Å². The molecule has 1 aliphatic carbocycles. The molecule has 1 atom stereocenters. The highest BCUT2D eigenvalue weighted by molar-refractivity contribution is 5.92. The number of carbonyl (C=O) groups excluding carboxylic acids is 1. The Morgan fingerprint density at radius 1 is 1.17 bits per heavy atom. The van der Waals surface area contributed by atoms with Crippen LogP contribution < -0.4 is 16.0 Å². The Kier molecular flexibility index (Phi) is 3.42. The van der Waals surface area contributed by atoms with E-state index in [0.29, 0.717) is 12.5 Å². The lowest BCUT2D eigenvalue weighted by atomic mass is 10.1. The first kappa shape index (κ1) is 14.1. The van der Waals surface area contributed by atoms with Crippen molar-refractivity contribution < 1.29 is 9.53 Å². The summed E-state index contributed by atoms with van der Waals surface area (Å²) < 4.78 is 5.81. The number of benzene rings is 2. The van der Waals surface area contributed by atoms with Crippen LogP contribution in [0, 0.1) is 0 Å². The van der Waals surface area contributed by atoms with Crippen molar-refractivity contribution in [1.82, 2.24) is 0 Å². The van der Waals surface area contributed by atoms with E-state index in [0.717, 1.165) is 16.9 Å². The zero-order valence-electron chi connectivity index (χ0n) is 12.7. The van der Waals surface area contributed by atoms with Crippen LogP contribution in [0.1, 0.15) is 29.9 Å². The maximum absolute atomic E-state index is 11.9. The molecule has 1 fully saturated rings. The first-order valence-electron chi connectivity index (χ1n) is 7.87. The maximum Gasteiger partial charge on any atom is 0.322 e. The number of primary amides is 1. The number of nitrogens with two attached hydrogens (primary N) is 1. The molecule has 0 spiro atoms. The predicted octanol–water partition coefficient (Wildman–Crippen LogP) is 3.38. The first-order valence-corrected chi connectivity index (χ1v) is 7.87. The van der Waals surface area contributed by atoms with Crippen molar-refractivity contribution in [2.75, 3.05) is 10.2 Å². The topological polar surface area (TPSA) is 67.6 Å². The summed E-state index contributed by atoms with van der Waals surface area (Å²) >= 11 is 0. The number of para-hydroxylation sites is 1. The molecule has 0 aromatic heterocycles. The number of hydrogen-bond acceptors (Lipinski definition) is 3. The summed E-state index contributed by atoms with van der Waals surface area (Å²) in [5.41, 5.74) is 9.60. The summed E-state index contributed by atoms with van der Waals surface area (Å²) in [5.74, 6) is 0.678. The number of carbonyl (C=O) groups is 1. The smallest absolute Gasteiger partial charge is 0.322 e. The molecule has 3 N–H and O–H groups in total. The fourth-order valence-corrected chi connectivity index (χ4v) is 3.02. The van der Waals surface area contributed by atoms with E-state index in [-0.39, 0.29) is 0 Å². The Morgan fingerprint density at radius 2 is 2.00 bits per heavy atom. The molecule has 0 radical (unpaired) electrons. The van der Waals surface area contributed by atoms with Gasteiger partial charge >= 0.3 is 6.03 Å². The number of fused-ring (bicyclic) bond motifs is 1. The second kappa shape index (κ2) is 5.59. The molecule has 5 heteroatoms. The van der Waals surface area contributed by atoms with E-state index in [1.807, 2.05) is 36.4 Å². The number of ether oxygens (including phenoxy) is 1. The van der Waals surface area contributed by atoms with E-state index in [4.69, 9.17) is 10.5 Å². The second-order valence-electron chi connectivity index (χ2n) is 6.04. The number of anilines is 2. The third kappa shape index (κ3) is 2.75. The minimum atomic E-state index is -0.600. The highest BCUT2D eigenvalue weighted by Crippen LogP contribution is 2.40. The molecule has 1 heterocycles. The van der Waals surface area contributed by atoms with E-state index >= 15 is 0 Å². The highest BCUT2D eigenvalue weighted by Gasteiger charge is 2.31. The van der Waals surface area contributed by atoms with Crippen LogP contribution in [0.5, 0.6) is 0 Å². The van der Waals surface area contributed by atoms with Crippen LogP contribution >= 0.6 is 0 Å². The van der Waals surface area contributed by atoms with Crippen molar-refractivity contribution in [2.45, 2.75) is 31.7 Å². The van der Waals surface area contributed by atoms with Gasteiger partial charge in [-0.05, 0) is 42.5 Å². The van der Waals surface area contributed by atoms with Gasteiger partial charge in [-0.25, -0.2) is 9.69 Å². The molecule has 2 aliphatic rings. The average Bonchev–Trinajstić information content (AvgIpc) is 3.39. The molecule has 1 unspecified atom stereocenters. The van der Waals surface area contributed by atoms with Crippen LogP contribution in [0.2, 0.25) is 0 Å². The summed E-state index contributed by atoms with van der Waals surface area (Å²) in [7, 11) is 0. The van der Waals surface area contributed by atoms with Gasteiger partial charge in [0.2, 0.25) is 6.35 Å². The lowest BCUT2D eigenvalue weighted by Gasteiger charge is -2.36. The Hall–Kier alpha value is -2.53. The molecule has 0 saturated heterocycles. The fourth-order valence-electron chi connectivity index (χ4n) is 3.02. The van der Waals surface area contributed by atoms with Crippen LogP contribution in [0.15, 0.2) is 48.5 Å². The molecule has 1 aliphatic heterocycles. The number of nitrogens with zero attached hydrogens (tertiary/aromatic N) is 1. The number of hydrogen-bond donors (Lipinski definition) is 2. The monoisotopic (exact) mass is 309 g/mol. The molecule has 2 aromatic rings. The molecule has 2 aromatic carbocycles. The number of rotatable bonds is 3. The summed E-state index contributed by atoms with van der Waals surface area (Å²) in [6.45, 7) is 0.444. The first-order chi connectivity index (χ1) is 11.2. The predicted molar refractivity (Wildman–Crippen MR) is 89.1 cm³/mol. The fraction of sp³-hybridized carbons (Fsp3) is 0.278. The summed E-state index contributed by atoms with van der Waals surface area (Å²) in [6.07, 6.45) is 1.91. The van der Waals surface area contributed by atoms with Crippen LogP contribution in [-0.4, -0.2) is 12.4 Å². The van der Waals surface area contributed by atoms with Crippen molar-refractivity contribution in [3.8, 4) is 0 Å². The van der Waals surface area contributed by atoms with Crippen molar-refractivity contribution in [3.05, 3.63) is 59.7 Å². The average molecular weight is 309 g/mol. The summed E-state index contributed by atoms with van der Waals surface area (Å²) in [5, 5.41) is 3.28. The Bertz CT molecular complexity index is 743. The van der Waals surface area contributed by atoms with Gasteiger partial charge in [0.15, 0.2) is 0 Å². The molecule has 1 saturated carbocycles. The molecule has 23 heavy (non-hydrogen) atoms. The zero-order chi connectivity index (χ0) is 15.8.